The summed E-state index contributed by atoms with van der Waals surface area (Å²) in [6.45, 7) is 26.2. The predicted octanol–water partition coefficient (Wildman–Crippen LogP) is 8.22. The first-order valence-electron chi connectivity index (χ1n) is 20.7. The second-order valence-electron chi connectivity index (χ2n) is 21.0. The number of carbonyl (C=O) groups is 1. The molecule has 11 nitrogen and oxygen atoms in total. The Labute approximate surface area is 328 Å². The highest BCUT2D eigenvalue weighted by molar-refractivity contribution is 5.57. The molecule has 3 N–H and O–H groups in total. The van der Waals surface area contributed by atoms with Gasteiger partial charge in [0.2, 0.25) is 0 Å². The lowest BCUT2D eigenvalue weighted by Gasteiger charge is -2.71. The summed E-state index contributed by atoms with van der Waals surface area (Å²) in [7, 11) is 0. The van der Waals surface area contributed by atoms with E-state index in [-0.39, 0.29) is 57.0 Å². The number of fused-ring (bicyclic) bond motifs is 3. The molecule has 4 aliphatic carbocycles. The van der Waals surface area contributed by atoms with Gasteiger partial charge in [0.15, 0.2) is 18.2 Å². The van der Waals surface area contributed by atoms with Gasteiger partial charge in [-0.1, -0.05) is 80.9 Å². The first-order chi connectivity index (χ1) is 25.6. The van der Waals surface area contributed by atoms with E-state index in [0.717, 1.165) is 43.3 Å². The fraction of sp³-hybridized carbons (Fsp3) is 0.773. The van der Waals surface area contributed by atoms with Gasteiger partial charge in [-0.2, -0.15) is 9.83 Å². The first kappa shape index (κ1) is 40.2. The van der Waals surface area contributed by atoms with Crippen LogP contribution in [0.3, 0.4) is 0 Å². The van der Waals surface area contributed by atoms with E-state index in [1.807, 2.05) is 10.7 Å². The van der Waals surface area contributed by atoms with E-state index < -0.39 is 23.2 Å². The van der Waals surface area contributed by atoms with Crippen LogP contribution in [0.5, 0.6) is 0 Å². The zero-order valence-electron chi connectivity index (χ0n) is 35.2. The molecule has 12 atom stereocenters. The maximum atomic E-state index is 12.5. The van der Waals surface area contributed by atoms with Crippen LogP contribution in [-0.4, -0.2) is 63.6 Å². The van der Waals surface area contributed by atoms with Crippen molar-refractivity contribution in [1.29, 1.82) is 0 Å². The summed E-state index contributed by atoms with van der Waals surface area (Å²) in [6, 6.07) is 3.43. The van der Waals surface area contributed by atoms with Crippen molar-refractivity contribution in [2.45, 2.75) is 138 Å². The Kier molecular flexibility index (Phi) is 9.69. The number of nitrogens with two attached hydrogens (primary N) is 1. The number of carboxylic acid groups (broad SMARTS) is 1. The highest BCUT2D eigenvalue weighted by Gasteiger charge is 2.72. The van der Waals surface area contributed by atoms with Gasteiger partial charge < -0.3 is 30.3 Å². The summed E-state index contributed by atoms with van der Waals surface area (Å²) in [4.78, 5) is 17.3. The van der Waals surface area contributed by atoms with Gasteiger partial charge in [-0.25, -0.2) is 14.5 Å². The van der Waals surface area contributed by atoms with Crippen LogP contribution in [0.4, 0.5) is 4.79 Å². The molecule has 0 radical (unpaired) electrons. The van der Waals surface area contributed by atoms with Crippen LogP contribution >= 0.6 is 0 Å². The molecule has 0 unspecified atom stereocenters. The van der Waals surface area contributed by atoms with Gasteiger partial charge in [-0.3, -0.25) is 0 Å². The van der Waals surface area contributed by atoms with Crippen molar-refractivity contribution >= 4 is 6.16 Å². The molecule has 3 saturated carbocycles. The van der Waals surface area contributed by atoms with Crippen molar-refractivity contribution < 1.29 is 28.8 Å². The molecule has 3 heterocycles. The third kappa shape index (κ3) is 5.90. The van der Waals surface area contributed by atoms with Crippen LogP contribution in [-0.2, 0) is 14.2 Å². The van der Waals surface area contributed by atoms with E-state index in [4.69, 9.17) is 30.0 Å². The topological polar surface area (TPSA) is 149 Å². The Balaban J connectivity index is 1.36. The predicted molar refractivity (Wildman–Crippen MR) is 211 cm³/mol. The normalized spacial score (nSPS) is 40.2. The van der Waals surface area contributed by atoms with Gasteiger partial charge in [-0.15, -0.1) is 0 Å². The molecule has 1 aliphatic heterocycles. The second-order valence-corrected chi connectivity index (χ2v) is 21.0. The van der Waals surface area contributed by atoms with Gasteiger partial charge in [-0.05, 0) is 86.0 Å². The lowest BCUT2D eigenvalue weighted by molar-refractivity contribution is -0.604. The number of pyridine rings is 1. The number of hydrogen-bond donors (Lipinski definition) is 2. The van der Waals surface area contributed by atoms with E-state index in [9.17, 15) is 15.1 Å². The van der Waals surface area contributed by atoms with Crippen LogP contribution in [0.1, 0.15) is 121 Å². The molecular weight excluding hydrogens is 695 g/mol. The van der Waals surface area contributed by atoms with Gasteiger partial charge in [0.25, 0.3) is 0 Å². The van der Waals surface area contributed by atoms with E-state index in [2.05, 4.69) is 82.2 Å². The van der Waals surface area contributed by atoms with Crippen molar-refractivity contribution in [2.75, 3.05) is 19.8 Å². The number of allylic oxidation sites excluding steroid dienone is 1. The van der Waals surface area contributed by atoms with E-state index in [1.165, 1.54) is 11.8 Å². The Bertz CT molecular complexity index is 1820. The van der Waals surface area contributed by atoms with E-state index in [0.29, 0.717) is 37.1 Å². The SMILES string of the molecule is CC(C)[C@@H](C)[C@@]1(C)CC[C@]2(C)[C@H]3CC[C@@H]4[C@@]5(COC[C@@]4(C)[C@@H](OC[C@](C)(N)C(C)(C)C)[C@H](n4ncnc4-c4ccc[n+]([O-])c4)C5)C3=CC[C@]2(C)[C@@H]1OC(=O)O. The molecule has 0 spiro atoms. The Hall–Kier alpha value is -3.02. The number of hydrogen-bond acceptors (Lipinski definition) is 8. The maximum absolute atomic E-state index is 12.5. The number of rotatable bonds is 8. The molecule has 0 amide bonds. The molecule has 2 bridgehead atoms. The molecule has 55 heavy (non-hydrogen) atoms. The molecule has 7 rings (SSSR count). The minimum Gasteiger partial charge on any atom is -0.619 e. The monoisotopic (exact) mass is 762 g/mol. The summed E-state index contributed by atoms with van der Waals surface area (Å²) >= 11 is 0. The van der Waals surface area contributed by atoms with Gasteiger partial charge in [0.1, 0.15) is 12.4 Å². The summed E-state index contributed by atoms with van der Waals surface area (Å²) in [5, 5.41) is 27.7. The van der Waals surface area contributed by atoms with Crippen molar-refractivity contribution in [3.05, 3.63) is 47.7 Å². The third-order valence-corrected chi connectivity index (χ3v) is 17.1. The first-order valence-corrected chi connectivity index (χ1v) is 20.7. The summed E-state index contributed by atoms with van der Waals surface area (Å²) in [6.07, 6.45) is 10.6. The Morgan fingerprint density at radius 3 is 2.51 bits per heavy atom. The third-order valence-electron chi connectivity index (χ3n) is 17.1. The van der Waals surface area contributed by atoms with Crippen LogP contribution in [0.2, 0.25) is 0 Å². The summed E-state index contributed by atoms with van der Waals surface area (Å²) in [5.74, 6) is 1.84. The van der Waals surface area contributed by atoms with Crippen molar-refractivity contribution in [3.8, 4) is 11.4 Å². The number of nitrogens with zero attached hydrogens (tertiary/aromatic N) is 4. The molecule has 1 saturated heterocycles. The van der Waals surface area contributed by atoms with Crippen LogP contribution < -0.4 is 10.5 Å². The minimum atomic E-state index is -1.18. The fourth-order valence-corrected chi connectivity index (χ4v) is 12.6. The Morgan fingerprint density at radius 2 is 1.85 bits per heavy atom. The molecule has 2 aromatic heterocycles. The van der Waals surface area contributed by atoms with Crippen LogP contribution in [0.15, 0.2) is 42.5 Å². The molecule has 5 aliphatic rings. The van der Waals surface area contributed by atoms with Crippen molar-refractivity contribution in [3.63, 3.8) is 0 Å². The lowest BCUT2D eigenvalue weighted by atomic mass is 9.35. The van der Waals surface area contributed by atoms with Crippen LogP contribution in [0.25, 0.3) is 11.4 Å². The zero-order valence-corrected chi connectivity index (χ0v) is 35.2. The van der Waals surface area contributed by atoms with Crippen LogP contribution in [0, 0.1) is 61.4 Å². The van der Waals surface area contributed by atoms with Gasteiger partial charge in [0.05, 0.1) is 37.5 Å². The molecule has 0 aromatic carbocycles. The fourth-order valence-electron chi connectivity index (χ4n) is 12.6. The second kappa shape index (κ2) is 13.3. The summed E-state index contributed by atoms with van der Waals surface area (Å²) < 4.78 is 22.9. The Morgan fingerprint density at radius 1 is 1.13 bits per heavy atom. The van der Waals surface area contributed by atoms with Crippen molar-refractivity contribution in [2.24, 2.45) is 61.9 Å². The smallest absolute Gasteiger partial charge is 0.506 e. The number of aromatic nitrogens is 4. The minimum absolute atomic E-state index is 0.192. The average molecular weight is 762 g/mol. The zero-order chi connectivity index (χ0) is 40.1. The highest BCUT2D eigenvalue weighted by Crippen LogP contribution is 2.74. The van der Waals surface area contributed by atoms with Gasteiger partial charge >= 0.3 is 6.16 Å². The average Bonchev–Trinajstić information content (AvgIpc) is 3.59. The highest BCUT2D eigenvalue weighted by atomic mass is 16.7. The number of ether oxygens (including phenoxy) is 3. The maximum Gasteiger partial charge on any atom is 0.506 e. The molecule has 4 fully saturated rings. The van der Waals surface area contributed by atoms with Crippen molar-refractivity contribution in [1.82, 2.24) is 14.8 Å². The lowest BCUT2D eigenvalue weighted by Crippen LogP contribution is -2.70. The standard InChI is InChI=1S/C44H67N5O6/c1-27(2)28(3)39(7)18-19-41(9)30-14-15-33-40(8)23-53-25-44(33,31(30)16-17-42(41,10)36(39)55-37(50)51)21-32(34(40)54-24-43(11,45)38(4,5)6)49-35(46-26-47-49)29-13-12-20-48(52)22-29/h12-13,16,20,22,26-28,30,32-34,36H,14-15,17-19,21,23-25,45H2,1-11H3,(H,50,51)/t28-,30+,32-,33+,34+,36-,39-,40-,41-,42-,43+,44+/m1/s1. The molecule has 11 heteroatoms. The van der Waals surface area contributed by atoms with Gasteiger partial charge in [0, 0.05) is 33.3 Å². The largest absolute Gasteiger partial charge is 0.619 e. The van der Waals surface area contributed by atoms with E-state index >= 15 is 0 Å². The molecule has 304 valence electrons. The molecule has 2 aromatic rings. The summed E-state index contributed by atoms with van der Waals surface area (Å²) in [5.41, 5.74) is 6.81. The quantitative estimate of drug-likeness (QED) is 0.117. The molecular formula is C44H67N5O6. The van der Waals surface area contributed by atoms with E-state index in [1.54, 1.807) is 18.6 Å².